The number of imidazole rings is 2. The molecule has 0 aliphatic carbocycles. The molecule has 5 aromatic carbocycles. The smallest absolute Gasteiger partial charge is 0.227 e. The van der Waals surface area contributed by atoms with Gasteiger partial charge in [0.1, 0.15) is 11.6 Å². The first-order chi connectivity index (χ1) is 26.6. The van der Waals surface area contributed by atoms with Gasteiger partial charge in [-0.05, 0) is 64.3 Å². The molecule has 2 aromatic heterocycles. The van der Waals surface area contributed by atoms with E-state index in [1.54, 1.807) is 0 Å². The summed E-state index contributed by atoms with van der Waals surface area (Å²) in [5, 5.41) is 2.30. The fraction of sp³-hybridized carbons (Fsp3) is 0.217. The van der Waals surface area contributed by atoms with Crippen LogP contribution in [0.5, 0.6) is 0 Å². The largest absolute Gasteiger partial charge is 0.340 e. The molecule has 0 bridgehead atoms. The minimum absolute atomic E-state index is 0.0377. The van der Waals surface area contributed by atoms with E-state index in [2.05, 4.69) is 70.6 Å². The number of amides is 2. The summed E-state index contributed by atoms with van der Waals surface area (Å²) in [5.41, 5.74) is 8.36. The lowest BCUT2D eigenvalue weighted by atomic mass is 9.93. The van der Waals surface area contributed by atoms with Gasteiger partial charge < -0.3 is 19.8 Å². The van der Waals surface area contributed by atoms with Crippen LogP contribution in [0.15, 0.2) is 134 Å². The predicted octanol–water partition coefficient (Wildman–Crippen LogP) is 9.10. The molecule has 2 atom stereocenters. The summed E-state index contributed by atoms with van der Waals surface area (Å²) in [7, 11) is 0. The number of fused-ring (bicyclic) bond motifs is 1. The van der Waals surface area contributed by atoms with E-state index >= 15 is 0 Å². The maximum atomic E-state index is 13.3. The number of benzene rings is 5. The van der Waals surface area contributed by atoms with Crippen molar-refractivity contribution in [3.05, 3.63) is 156 Å². The summed E-state index contributed by atoms with van der Waals surface area (Å²) in [6.07, 6.45) is 8.34. The number of rotatable bonds is 9. The predicted molar refractivity (Wildman–Crippen MR) is 212 cm³/mol. The van der Waals surface area contributed by atoms with Crippen molar-refractivity contribution in [1.82, 2.24) is 29.7 Å². The average molecular weight is 711 g/mol. The first-order valence-corrected chi connectivity index (χ1v) is 19.0. The summed E-state index contributed by atoms with van der Waals surface area (Å²) in [5.74, 6) is 1.97. The van der Waals surface area contributed by atoms with Crippen LogP contribution in [0.4, 0.5) is 0 Å². The van der Waals surface area contributed by atoms with Gasteiger partial charge in [-0.2, -0.15) is 0 Å². The molecule has 54 heavy (non-hydrogen) atoms. The van der Waals surface area contributed by atoms with Crippen molar-refractivity contribution in [2.45, 2.75) is 50.6 Å². The Balaban J connectivity index is 0.925. The van der Waals surface area contributed by atoms with E-state index < -0.39 is 0 Å². The molecule has 2 N–H and O–H groups in total. The normalized spacial score (nSPS) is 17.0. The van der Waals surface area contributed by atoms with Gasteiger partial charge in [-0.3, -0.25) is 9.59 Å². The van der Waals surface area contributed by atoms with Crippen LogP contribution in [0, 0.1) is 0 Å². The molecule has 9 rings (SSSR count). The van der Waals surface area contributed by atoms with Gasteiger partial charge >= 0.3 is 0 Å². The molecule has 2 unspecified atom stereocenters. The highest BCUT2D eigenvalue weighted by Gasteiger charge is 2.33. The van der Waals surface area contributed by atoms with Crippen molar-refractivity contribution in [3.63, 3.8) is 0 Å². The highest BCUT2D eigenvalue weighted by molar-refractivity contribution is 6.04. The first-order valence-electron chi connectivity index (χ1n) is 19.0. The molecule has 2 amide bonds. The minimum atomic E-state index is -0.0517. The van der Waals surface area contributed by atoms with E-state index in [9.17, 15) is 9.59 Å². The minimum Gasteiger partial charge on any atom is -0.340 e. The highest BCUT2D eigenvalue weighted by Crippen LogP contribution is 2.38. The number of aromatic nitrogens is 4. The first kappa shape index (κ1) is 33.5. The second-order valence-corrected chi connectivity index (χ2v) is 14.5. The zero-order valence-electron chi connectivity index (χ0n) is 30.1. The topological polar surface area (TPSA) is 98.0 Å². The quantitative estimate of drug-likeness (QED) is 0.156. The van der Waals surface area contributed by atoms with Crippen LogP contribution < -0.4 is 0 Å². The number of nitrogens with zero attached hydrogens (tertiary/aromatic N) is 4. The van der Waals surface area contributed by atoms with Crippen molar-refractivity contribution >= 4 is 22.6 Å². The number of carbonyl (C=O) groups is 2. The van der Waals surface area contributed by atoms with Crippen LogP contribution >= 0.6 is 0 Å². The Bertz CT molecular complexity index is 2420. The van der Waals surface area contributed by atoms with Crippen molar-refractivity contribution < 1.29 is 9.59 Å². The van der Waals surface area contributed by atoms with E-state index in [4.69, 9.17) is 9.97 Å². The van der Waals surface area contributed by atoms with Crippen LogP contribution in [0.2, 0.25) is 0 Å². The zero-order valence-corrected chi connectivity index (χ0v) is 30.1. The summed E-state index contributed by atoms with van der Waals surface area (Å²) in [6.45, 7) is 1.50. The van der Waals surface area contributed by atoms with E-state index in [1.165, 1.54) is 0 Å². The number of hydrogen-bond acceptors (Lipinski definition) is 4. The van der Waals surface area contributed by atoms with Gasteiger partial charge in [-0.1, -0.05) is 121 Å². The molecule has 0 spiro atoms. The number of hydrogen-bond donors (Lipinski definition) is 2. The fourth-order valence-electron chi connectivity index (χ4n) is 8.35. The third-order valence-corrected chi connectivity index (χ3v) is 11.1. The number of carbonyl (C=O) groups excluding carboxylic acids is 2. The summed E-state index contributed by atoms with van der Waals surface area (Å²) in [6, 6.07) is 41.3. The van der Waals surface area contributed by atoms with Gasteiger partial charge in [0.2, 0.25) is 11.8 Å². The Morgan fingerprint density at radius 3 is 1.57 bits per heavy atom. The summed E-state index contributed by atoms with van der Waals surface area (Å²) in [4.78, 5) is 47.3. The molecular weight excluding hydrogens is 669 g/mol. The van der Waals surface area contributed by atoms with Gasteiger partial charge in [0, 0.05) is 18.7 Å². The standard InChI is InChI=1S/C46H42N6O2/c53-43(27-31-11-3-1-4-12-31)51-25-9-17-41(51)45-47-29-39(49-45)34-21-19-33(20-22-34)35-23-24-38(37-16-8-7-15-36(35)37)40-30-48-46(50-40)42-18-10-26-52(42)44(54)28-32-13-5-2-6-14-32/h1-8,11-16,19-24,29-30,41-42H,9-10,17-18,25-28H2,(H,47,49)(H,48,50). The number of nitrogens with one attached hydrogen (secondary N) is 2. The second-order valence-electron chi connectivity index (χ2n) is 14.5. The third kappa shape index (κ3) is 6.60. The van der Waals surface area contributed by atoms with Crippen LogP contribution in [-0.2, 0) is 22.4 Å². The number of aromatic amines is 2. The monoisotopic (exact) mass is 710 g/mol. The molecule has 8 heteroatoms. The lowest BCUT2D eigenvalue weighted by molar-refractivity contribution is -0.132. The molecule has 0 radical (unpaired) electrons. The lowest BCUT2D eigenvalue weighted by Gasteiger charge is -2.23. The molecule has 2 aliphatic heterocycles. The average Bonchev–Trinajstić information content (AvgIpc) is 4.06. The molecule has 2 fully saturated rings. The Kier molecular flexibility index (Phi) is 9.09. The van der Waals surface area contributed by atoms with E-state index in [0.29, 0.717) is 12.8 Å². The Morgan fingerprint density at radius 1 is 0.537 bits per heavy atom. The van der Waals surface area contributed by atoms with Crippen LogP contribution in [-0.4, -0.2) is 54.6 Å². The van der Waals surface area contributed by atoms with Crippen molar-refractivity contribution in [2.75, 3.05) is 13.1 Å². The van der Waals surface area contributed by atoms with Gasteiger partial charge in [-0.15, -0.1) is 0 Å². The fourth-order valence-corrected chi connectivity index (χ4v) is 8.35. The maximum Gasteiger partial charge on any atom is 0.227 e. The van der Waals surface area contributed by atoms with Crippen LogP contribution in [0.3, 0.4) is 0 Å². The van der Waals surface area contributed by atoms with Crippen LogP contribution in [0.1, 0.15) is 60.5 Å². The van der Waals surface area contributed by atoms with Gasteiger partial charge in [0.05, 0.1) is 48.7 Å². The lowest BCUT2D eigenvalue weighted by Crippen LogP contribution is -2.32. The molecular formula is C46H42N6O2. The van der Waals surface area contributed by atoms with E-state index in [1.807, 2.05) is 82.9 Å². The van der Waals surface area contributed by atoms with Crippen molar-refractivity contribution in [1.29, 1.82) is 0 Å². The number of likely N-dealkylation sites (tertiary alicyclic amines) is 2. The molecule has 4 heterocycles. The Labute approximate surface area is 314 Å². The van der Waals surface area contributed by atoms with Gasteiger partial charge in [-0.25, -0.2) is 9.97 Å². The Hall–Kier alpha value is -6.28. The third-order valence-electron chi connectivity index (χ3n) is 11.1. The van der Waals surface area contributed by atoms with Crippen molar-refractivity contribution in [2.24, 2.45) is 0 Å². The van der Waals surface area contributed by atoms with E-state index in [0.717, 1.165) is 106 Å². The molecule has 2 aliphatic rings. The van der Waals surface area contributed by atoms with Crippen molar-refractivity contribution in [3.8, 4) is 33.6 Å². The molecule has 8 nitrogen and oxygen atoms in total. The van der Waals surface area contributed by atoms with Gasteiger partial charge in [0.25, 0.3) is 0 Å². The second kappa shape index (κ2) is 14.6. The van der Waals surface area contributed by atoms with E-state index in [-0.39, 0.29) is 23.9 Å². The Morgan fingerprint density at radius 2 is 1.00 bits per heavy atom. The number of H-pyrrole nitrogens is 2. The van der Waals surface area contributed by atoms with Gasteiger partial charge in [0.15, 0.2) is 0 Å². The molecule has 0 saturated carbocycles. The molecule has 2 saturated heterocycles. The maximum absolute atomic E-state index is 13.3. The molecule has 7 aromatic rings. The zero-order chi connectivity index (χ0) is 36.4. The van der Waals surface area contributed by atoms with Crippen LogP contribution in [0.25, 0.3) is 44.4 Å². The summed E-state index contributed by atoms with van der Waals surface area (Å²) < 4.78 is 0. The highest BCUT2D eigenvalue weighted by atomic mass is 16.2. The summed E-state index contributed by atoms with van der Waals surface area (Å²) >= 11 is 0. The SMILES string of the molecule is O=C(Cc1ccccc1)N1CCCC1c1ncc(-c2ccc(-c3ccc(-c4cnc(C5CCCN5C(=O)Cc5ccccc5)[nH]4)c4ccccc34)cc2)[nH]1. The molecule has 268 valence electrons.